The first kappa shape index (κ1) is 17.9. The van der Waals surface area contributed by atoms with E-state index in [1.165, 1.54) is 12.1 Å². The van der Waals surface area contributed by atoms with Crippen LogP contribution >= 0.6 is 15.9 Å². The lowest BCUT2D eigenvalue weighted by Gasteiger charge is -1.99. The molecule has 0 aliphatic heterocycles. The molecule has 0 saturated heterocycles. The molecule has 0 aliphatic carbocycles. The minimum Gasteiger partial charge on any atom is -0.493 e. The number of benzene rings is 2. The molecule has 1 amide bonds. The predicted molar refractivity (Wildman–Crippen MR) is 104 cm³/mol. The van der Waals surface area contributed by atoms with Crippen molar-refractivity contribution in [2.75, 3.05) is 0 Å². The highest BCUT2D eigenvalue weighted by atomic mass is 79.9. The molecular weight excluding hydrogens is 430 g/mol. The molecule has 2 heterocycles. The number of carboxylic acid groups (broad SMARTS) is 1. The third-order valence-electron chi connectivity index (χ3n) is 4.21. The van der Waals surface area contributed by atoms with Crippen LogP contribution in [0.4, 0.5) is 5.69 Å². The zero-order chi connectivity index (χ0) is 19.8. The fourth-order valence-electron chi connectivity index (χ4n) is 2.91. The number of carboxylic acids is 1. The molecule has 2 aromatic heterocycles. The maximum Gasteiger partial charge on any atom is 0.335 e. The number of aromatic carboxylic acids is 1. The van der Waals surface area contributed by atoms with Crippen molar-refractivity contribution in [3.8, 4) is 5.88 Å². The average Bonchev–Trinajstić information content (AvgIpc) is 3.23. The number of fused-ring (bicyclic) bond motifs is 2. The zero-order valence-corrected chi connectivity index (χ0v) is 15.7. The van der Waals surface area contributed by atoms with Crippen LogP contribution in [0.2, 0.25) is 0 Å². The molecule has 4 aromatic rings. The molecule has 4 rings (SSSR count). The van der Waals surface area contributed by atoms with E-state index in [1.807, 2.05) is 12.1 Å². The van der Waals surface area contributed by atoms with Gasteiger partial charge in [-0.1, -0.05) is 12.1 Å². The number of halogens is 1. The molecule has 2 aromatic carbocycles. The van der Waals surface area contributed by atoms with Gasteiger partial charge in [0.2, 0.25) is 5.88 Å². The van der Waals surface area contributed by atoms with E-state index in [2.05, 4.69) is 31.1 Å². The first-order valence-electron chi connectivity index (χ1n) is 8.09. The number of carbonyl (C=O) groups excluding carboxylic acids is 1. The smallest absolute Gasteiger partial charge is 0.335 e. The van der Waals surface area contributed by atoms with E-state index in [4.69, 9.17) is 9.52 Å². The summed E-state index contributed by atoms with van der Waals surface area (Å²) < 4.78 is 5.52. The van der Waals surface area contributed by atoms with Crippen LogP contribution in [0.3, 0.4) is 0 Å². The lowest BCUT2D eigenvalue weighted by Crippen LogP contribution is -1.97. The second-order valence-electron chi connectivity index (χ2n) is 6.11. The van der Waals surface area contributed by atoms with Gasteiger partial charge in [-0.2, -0.15) is 0 Å². The number of nitrogens with zero attached hydrogens (tertiary/aromatic N) is 2. The Morgan fingerprint density at radius 2 is 1.93 bits per heavy atom. The van der Waals surface area contributed by atoms with Crippen LogP contribution in [-0.4, -0.2) is 27.1 Å². The maximum atomic E-state index is 12.2. The van der Waals surface area contributed by atoms with Crippen molar-refractivity contribution in [3.05, 3.63) is 58.5 Å². The number of carbonyl (C=O) groups is 2. The van der Waals surface area contributed by atoms with E-state index in [0.29, 0.717) is 15.4 Å². The minimum absolute atomic E-state index is 0.0369. The Balaban J connectivity index is 1.61. The summed E-state index contributed by atoms with van der Waals surface area (Å²) in [6, 6.07) is 8.24. The molecule has 28 heavy (non-hydrogen) atoms. The number of nitrogens with one attached hydrogen (secondary N) is 1. The van der Waals surface area contributed by atoms with Crippen molar-refractivity contribution in [1.29, 1.82) is 0 Å². The Morgan fingerprint density at radius 3 is 2.71 bits per heavy atom. The number of amides is 1. The van der Waals surface area contributed by atoms with E-state index in [1.54, 1.807) is 18.6 Å². The predicted octanol–water partition coefficient (Wildman–Crippen LogP) is 4.93. The average molecular weight is 442 g/mol. The van der Waals surface area contributed by atoms with Gasteiger partial charge in [-0.15, -0.1) is 10.2 Å². The fourth-order valence-corrected chi connectivity index (χ4v) is 3.56. The zero-order valence-electron chi connectivity index (χ0n) is 14.1. The summed E-state index contributed by atoms with van der Waals surface area (Å²) in [7, 11) is 0. The largest absolute Gasteiger partial charge is 0.493 e. The molecule has 8 nitrogen and oxygen atoms in total. The summed E-state index contributed by atoms with van der Waals surface area (Å²) >= 11 is 3.27. The fraction of sp³-hybridized carbons (Fsp3) is 0.0526. The lowest BCUT2D eigenvalue weighted by atomic mass is 10.1. The molecule has 0 bridgehead atoms. The van der Waals surface area contributed by atoms with E-state index in [-0.39, 0.29) is 23.6 Å². The molecular formula is C19H12BrN3O5. The summed E-state index contributed by atoms with van der Waals surface area (Å²) in [6.07, 6.45) is 3.25. The molecule has 140 valence electrons. The van der Waals surface area contributed by atoms with Crippen molar-refractivity contribution in [2.24, 2.45) is 10.2 Å². The molecule has 0 radical (unpaired) electrons. The molecule has 9 heteroatoms. The number of aromatic nitrogens is 1. The van der Waals surface area contributed by atoms with Crippen LogP contribution in [0.25, 0.3) is 21.7 Å². The van der Waals surface area contributed by atoms with E-state index in [9.17, 15) is 14.7 Å². The molecule has 3 N–H and O–H groups in total. The van der Waals surface area contributed by atoms with Gasteiger partial charge in [0.25, 0.3) is 5.91 Å². The Labute approximate surface area is 165 Å². The number of hydrogen-bond acceptors (Lipinski definition) is 5. The van der Waals surface area contributed by atoms with E-state index in [0.717, 1.165) is 16.3 Å². The summed E-state index contributed by atoms with van der Waals surface area (Å²) in [5, 5.41) is 29.0. The van der Waals surface area contributed by atoms with Crippen LogP contribution in [0.1, 0.15) is 15.9 Å². The highest BCUT2D eigenvalue weighted by Crippen LogP contribution is 2.40. The molecule has 0 saturated carbocycles. The lowest BCUT2D eigenvalue weighted by molar-refractivity contribution is -0.117. The van der Waals surface area contributed by atoms with Gasteiger partial charge in [-0.05, 0) is 39.7 Å². The van der Waals surface area contributed by atoms with Gasteiger partial charge in [0.05, 0.1) is 30.0 Å². The number of aromatic amines is 1. The molecule has 0 spiro atoms. The quantitative estimate of drug-likeness (QED) is 0.386. The molecule has 0 aliphatic rings. The third kappa shape index (κ3) is 3.27. The third-order valence-corrected chi connectivity index (χ3v) is 4.83. The van der Waals surface area contributed by atoms with Gasteiger partial charge in [0, 0.05) is 20.6 Å². The molecule has 0 fully saturated rings. The van der Waals surface area contributed by atoms with Gasteiger partial charge >= 0.3 is 5.97 Å². The first-order chi connectivity index (χ1) is 13.4. The van der Waals surface area contributed by atoms with Gasteiger partial charge in [0.1, 0.15) is 0 Å². The van der Waals surface area contributed by atoms with E-state index < -0.39 is 11.9 Å². The monoisotopic (exact) mass is 441 g/mol. The van der Waals surface area contributed by atoms with Gasteiger partial charge in [0.15, 0.2) is 5.69 Å². The van der Waals surface area contributed by atoms with Crippen LogP contribution in [0.15, 0.2) is 62.0 Å². The second kappa shape index (κ2) is 6.93. The summed E-state index contributed by atoms with van der Waals surface area (Å²) in [5.74, 6) is -1.91. The van der Waals surface area contributed by atoms with Gasteiger partial charge in [-0.25, -0.2) is 4.79 Å². The summed E-state index contributed by atoms with van der Waals surface area (Å²) in [4.78, 5) is 26.0. The van der Waals surface area contributed by atoms with E-state index >= 15 is 0 Å². The van der Waals surface area contributed by atoms with Gasteiger partial charge < -0.3 is 19.6 Å². The first-order valence-corrected chi connectivity index (χ1v) is 8.88. The molecule has 0 unspecified atom stereocenters. The van der Waals surface area contributed by atoms with Crippen LogP contribution < -0.4 is 0 Å². The SMILES string of the molecule is O=C(Cc1ccc2cocc2c1)N=Nc1c(O)[nH]c2cc(C(=O)O)cc(Br)c12. The van der Waals surface area contributed by atoms with Crippen molar-refractivity contribution in [1.82, 2.24) is 4.98 Å². The topological polar surface area (TPSA) is 128 Å². The number of azo groups is 1. The number of furan rings is 1. The van der Waals surface area contributed by atoms with Crippen molar-refractivity contribution in [2.45, 2.75) is 6.42 Å². The molecule has 0 atom stereocenters. The Morgan fingerprint density at radius 1 is 1.14 bits per heavy atom. The second-order valence-corrected chi connectivity index (χ2v) is 6.97. The Kier molecular flexibility index (Phi) is 4.44. The summed E-state index contributed by atoms with van der Waals surface area (Å²) in [5.41, 5.74) is 1.21. The number of H-pyrrole nitrogens is 1. The number of aromatic hydroxyl groups is 1. The summed E-state index contributed by atoms with van der Waals surface area (Å²) in [6.45, 7) is 0. The van der Waals surface area contributed by atoms with Crippen molar-refractivity contribution < 1.29 is 24.2 Å². The standard InChI is InChI=1S/C19H12BrN3O5/c20-13-5-11(19(26)27)6-14-16(13)17(18(25)21-14)23-22-15(24)4-9-1-2-10-7-28-8-12(10)3-9/h1-3,5-8,21,25H,4H2,(H,26,27). The number of rotatable bonds is 4. The normalized spacial score (nSPS) is 11.6. The van der Waals surface area contributed by atoms with Crippen LogP contribution in [0.5, 0.6) is 5.88 Å². The minimum atomic E-state index is -1.11. The number of hydrogen-bond donors (Lipinski definition) is 3. The van der Waals surface area contributed by atoms with Crippen molar-refractivity contribution in [3.63, 3.8) is 0 Å². The Bertz CT molecular complexity index is 1270. The maximum absolute atomic E-state index is 12.2. The highest BCUT2D eigenvalue weighted by Gasteiger charge is 2.17. The van der Waals surface area contributed by atoms with Crippen LogP contribution in [0, 0.1) is 0 Å². The van der Waals surface area contributed by atoms with Gasteiger partial charge in [-0.3, -0.25) is 4.79 Å². The van der Waals surface area contributed by atoms with Crippen molar-refractivity contribution >= 4 is 55.2 Å². The van der Waals surface area contributed by atoms with Crippen LogP contribution in [-0.2, 0) is 11.2 Å². The Hall–Kier alpha value is -3.46. The highest BCUT2D eigenvalue weighted by molar-refractivity contribution is 9.10.